The molecule has 1 heterocycles. The third-order valence-electron chi connectivity index (χ3n) is 6.35. The molecule has 0 aromatic heterocycles. The van der Waals surface area contributed by atoms with Crippen molar-refractivity contribution < 1.29 is 23.9 Å². The molecular formula is C26H48N4O5. The second kappa shape index (κ2) is 15.2. The van der Waals surface area contributed by atoms with E-state index in [9.17, 15) is 19.2 Å². The summed E-state index contributed by atoms with van der Waals surface area (Å²) in [5.74, 6) is -0.934. The lowest BCUT2D eigenvalue weighted by Gasteiger charge is -2.27. The minimum atomic E-state index is -0.932. The van der Waals surface area contributed by atoms with Gasteiger partial charge >= 0.3 is 0 Å². The highest BCUT2D eigenvalue weighted by molar-refractivity contribution is 5.98. The van der Waals surface area contributed by atoms with Gasteiger partial charge in [-0.1, -0.05) is 53.9 Å². The highest BCUT2D eigenvalue weighted by Gasteiger charge is 2.50. The molecule has 1 aliphatic rings. The van der Waals surface area contributed by atoms with Crippen molar-refractivity contribution in [3.8, 4) is 0 Å². The van der Waals surface area contributed by atoms with E-state index in [1.54, 1.807) is 6.92 Å². The number of nitrogens with one attached hydrogen (secondary N) is 4. The summed E-state index contributed by atoms with van der Waals surface area (Å²) < 4.78 is 5.31. The Kier molecular flexibility index (Phi) is 13.5. The van der Waals surface area contributed by atoms with Crippen LogP contribution < -0.4 is 21.3 Å². The molecule has 0 aliphatic carbocycles. The lowest BCUT2D eigenvalue weighted by atomic mass is 9.93. The van der Waals surface area contributed by atoms with Gasteiger partial charge in [0.15, 0.2) is 5.78 Å². The zero-order valence-electron chi connectivity index (χ0n) is 22.8. The zero-order chi connectivity index (χ0) is 26.6. The smallest absolute Gasteiger partial charge is 0.243 e. The Hall–Kier alpha value is -2.00. The standard InChI is InChI=1S/C26H48N4O5/c1-8-9-10-11-14-28-22(18(4)5)25(34)29-19(12-13-21(31)27-7)24(33)30-20(15-17(2)3)23(32)26(6)16-35-26/h17-20,22,28H,8-16H2,1-7H3,(H,27,31)(H,29,34)(H,30,33). The first kappa shape index (κ1) is 31.0. The Labute approximate surface area is 211 Å². The summed E-state index contributed by atoms with van der Waals surface area (Å²) in [5, 5.41) is 11.5. The maximum atomic E-state index is 13.3. The highest BCUT2D eigenvalue weighted by atomic mass is 16.6. The molecule has 4 atom stereocenters. The van der Waals surface area contributed by atoms with E-state index in [1.807, 2.05) is 27.7 Å². The topological polar surface area (TPSA) is 129 Å². The van der Waals surface area contributed by atoms with Gasteiger partial charge in [-0.25, -0.2) is 0 Å². The molecule has 1 fully saturated rings. The van der Waals surface area contributed by atoms with E-state index >= 15 is 0 Å². The Morgan fingerprint density at radius 3 is 2.09 bits per heavy atom. The molecule has 1 rings (SSSR count). The van der Waals surface area contributed by atoms with E-state index in [1.165, 1.54) is 7.05 Å². The third-order valence-corrected chi connectivity index (χ3v) is 6.35. The minimum absolute atomic E-state index is 0.0195. The van der Waals surface area contributed by atoms with E-state index in [-0.39, 0.29) is 42.3 Å². The predicted molar refractivity (Wildman–Crippen MR) is 137 cm³/mol. The Morgan fingerprint density at radius 1 is 0.943 bits per heavy atom. The average Bonchev–Trinajstić information content (AvgIpc) is 3.55. The minimum Gasteiger partial charge on any atom is -0.361 e. The molecule has 3 amide bonds. The molecule has 9 heteroatoms. The number of hydrogen-bond acceptors (Lipinski definition) is 6. The molecule has 0 bridgehead atoms. The van der Waals surface area contributed by atoms with E-state index in [0.717, 1.165) is 32.2 Å². The fourth-order valence-corrected chi connectivity index (χ4v) is 3.97. The van der Waals surface area contributed by atoms with Gasteiger partial charge in [-0.05, 0) is 44.6 Å². The van der Waals surface area contributed by atoms with E-state index in [4.69, 9.17) is 4.74 Å². The summed E-state index contributed by atoms with van der Waals surface area (Å²) >= 11 is 0. The molecule has 0 aromatic carbocycles. The van der Waals surface area contributed by atoms with Crippen LogP contribution in [0.15, 0.2) is 0 Å². The van der Waals surface area contributed by atoms with Crippen molar-refractivity contribution in [3.05, 3.63) is 0 Å². The number of rotatable bonds is 18. The van der Waals surface area contributed by atoms with Crippen molar-refractivity contribution >= 4 is 23.5 Å². The number of amides is 3. The quantitative estimate of drug-likeness (QED) is 0.170. The normalized spacial score (nSPS) is 19.7. The van der Waals surface area contributed by atoms with Gasteiger partial charge in [0.1, 0.15) is 11.6 Å². The zero-order valence-corrected chi connectivity index (χ0v) is 22.8. The van der Waals surface area contributed by atoms with Crippen LogP contribution in [0.3, 0.4) is 0 Å². The fourth-order valence-electron chi connectivity index (χ4n) is 3.97. The molecule has 35 heavy (non-hydrogen) atoms. The van der Waals surface area contributed by atoms with Gasteiger partial charge in [0.25, 0.3) is 0 Å². The van der Waals surface area contributed by atoms with E-state index in [0.29, 0.717) is 13.0 Å². The molecule has 0 aromatic rings. The molecule has 1 aliphatic heterocycles. The maximum absolute atomic E-state index is 13.3. The van der Waals surface area contributed by atoms with Crippen molar-refractivity contribution in [1.29, 1.82) is 0 Å². The molecule has 4 unspecified atom stereocenters. The summed E-state index contributed by atoms with van der Waals surface area (Å²) in [6.45, 7) is 12.8. The van der Waals surface area contributed by atoms with Crippen molar-refractivity contribution in [1.82, 2.24) is 21.3 Å². The molecular weight excluding hydrogens is 448 g/mol. The van der Waals surface area contributed by atoms with Crippen LogP contribution in [0.2, 0.25) is 0 Å². The van der Waals surface area contributed by atoms with Crippen molar-refractivity contribution in [2.45, 2.75) is 110 Å². The van der Waals surface area contributed by atoms with Crippen molar-refractivity contribution in [2.24, 2.45) is 11.8 Å². The Balaban J connectivity index is 2.92. The highest BCUT2D eigenvalue weighted by Crippen LogP contribution is 2.29. The number of carbonyl (C=O) groups excluding carboxylic acids is 4. The molecule has 202 valence electrons. The molecule has 9 nitrogen and oxygen atoms in total. The van der Waals surface area contributed by atoms with E-state index in [2.05, 4.69) is 28.2 Å². The van der Waals surface area contributed by atoms with Gasteiger partial charge in [-0.3, -0.25) is 19.2 Å². The summed E-state index contributed by atoms with van der Waals surface area (Å²) in [4.78, 5) is 51.3. The fraction of sp³-hybridized carbons (Fsp3) is 0.846. The number of ether oxygens (including phenoxy) is 1. The first-order valence-corrected chi connectivity index (χ1v) is 13.2. The van der Waals surface area contributed by atoms with Gasteiger partial charge in [-0.15, -0.1) is 0 Å². The summed E-state index contributed by atoms with van der Waals surface area (Å²) in [5.41, 5.74) is -0.863. The van der Waals surface area contributed by atoms with Crippen LogP contribution in [0.4, 0.5) is 0 Å². The Bertz CT molecular complexity index is 706. The number of hydrogen-bond donors (Lipinski definition) is 4. The SMILES string of the molecule is CCCCCCNC(C(=O)NC(CCC(=O)NC)C(=O)NC(CC(C)C)C(=O)C1(C)CO1)C(C)C. The van der Waals surface area contributed by atoms with Crippen LogP contribution in [0.5, 0.6) is 0 Å². The number of Topliss-reactive ketones (excluding diaryl/α,β-unsaturated/α-hetero) is 1. The monoisotopic (exact) mass is 496 g/mol. The molecule has 0 saturated carbocycles. The van der Waals surface area contributed by atoms with Crippen LogP contribution in [0.25, 0.3) is 0 Å². The van der Waals surface area contributed by atoms with Crippen LogP contribution in [-0.2, 0) is 23.9 Å². The summed E-state index contributed by atoms with van der Waals surface area (Å²) in [7, 11) is 1.53. The van der Waals surface area contributed by atoms with Crippen LogP contribution in [-0.4, -0.2) is 67.4 Å². The molecule has 1 saturated heterocycles. The van der Waals surface area contributed by atoms with Gasteiger partial charge < -0.3 is 26.0 Å². The largest absolute Gasteiger partial charge is 0.361 e. The number of epoxide rings is 1. The van der Waals surface area contributed by atoms with Crippen molar-refractivity contribution in [3.63, 3.8) is 0 Å². The lowest BCUT2D eigenvalue weighted by molar-refractivity contribution is -0.134. The van der Waals surface area contributed by atoms with Crippen LogP contribution in [0, 0.1) is 11.8 Å². The van der Waals surface area contributed by atoms with Gasteiger partial charge in [0.05, 0.1) is 18.7 Å². The third kappa shape index (κ3) is 11.1. The molecule has 0 spiro atoms. The number of carbonyl (C=O) groups is 4. The second-order valence-electron chi connectivity index (χ2n) is 10.6. The maximum Gasteiger partial charge on any atom is 0.243 e. The number of unbranched alkanes of at least 4 members (excludes halogenated alkanes) is 3. The predicted octanol–water partition coefficient (Wildman–Crippen LogP) is 2.08. The summed E-state index contributed by atoms with van der Waals surface area (Å²) in [6.07, 6.45) is 5.05. The van der Waals surface area contributed by atoms with Crippen LogP contribution >= 0.6 is 0 Å². The first-order valence-electron chi connectivity index (χ1n) is 13.2. The summed E-state index contributed by atoms with van der Waals surface area (Å²) in [6, 6.07) is -2.11. The van der Waals surface area contributed by atoms with E-state index < -0.39 is 29.6 Å². The molecule has 4 N–H and O–H groups in total. The second-order valence-corrected chi connectivity index (χ2v) is 10.6. The first-order chi connectivity index (χ1) is 16.4. The average molecular weight is 497 g/mol. The number of ketones is 1. The van der Waals surface area contributed by atoms with Gasteiger partial charge in [-0.2, -0.15) is 0 Å². The van der Waals surface area contributed by atoms with Gasteiger partial charge in [0.2, 0.25) is 17.7 Å². The van der Waals surface area contributed by atoms with Crippen molar-refractivity contribution in [2.75, 3.05) is 20.2 Å². The Morgan fingerprint density at radius 2 is 1.57 bits per heavy atom. The molecule has 0 radical (unpaired) electrons. The van der Waals surface area contributed by atoms with Gasteiger partial charge in [0, 0.05) is 13.5 Å². The lowest BCUT2D eigenvalue weighted by Crippen LogP contribution is -2.57. The van der Waals surface area contributed by atoms with Crippen LogP contribution in [0.1, 0.15) is 86.5 Å².